The van der Waals surface area contributed by atoms with Crippen molar-refractivity contribution in [3.8, 4) is 22.0 Å². The Hall–Kier alpha value is -2.82. The molecule has 5 rings (SSSR count). The predicted molar refractivity (Wildman–Crippen MR) is 106 cm³/mol. The molecule has 0 spiro atoms. The van der Waals surface area contributed by atoms with Crippen molar-refractivity contribution in [1.29, 1.82) is 0 Å². The van der Waals surface area contributed by atoms with Crippen LogP contribution < -0.4 is 5.32 Å². The van der Waals surface area contributed by atoms with Crippen molar-refractivity contribution in [3.05, 3.63) is 45.5 Å². The molecule has 4 aromatic heterocycles. The Labute approximate surface area is 167 Å². The second-order valence-electron chi connectivity index (χ2n) is 6.26. The van der Waals surface area contributed by atoms with Crippen LogP contribution in [-0.4, -0.2) is 32.9 Å². The number of aryl methyl sites for hydroxylation is 1. The summed E-state index contributed by atoms with van der Waals surface area (Å²) in [6, 6.07) is 5.68. The number of amides is 1. The van der Waals surface area contributed by atoms with E-state index in [2.05, 4.69) is 25.7 Å². The fourth-order valence-electron chi connectivity index (χ4n) is 3.11. The Kier molecular flexibility index (Phi) is 4.30. The van der Waals surface area contributed by atoms with Crippen LogP contribution in [0.2, 0.25) is 0 Å². The van der Waals surface area contributed by atoms with Crippen molar-refractivity contribution < 1.29 is 14.1 Å². The first-order chi connectivity index (χ1) is 13.7. The van der Waals surface area contributed by atoms with Gasteiger partial charge in [-0.15, -0.1) is 22.7 Å². The summed E-state index contributed by atoms with van der Waals surface area (Å²) in [4.78, 5) is 19.3. The highest BCUT2D eigenvalue weighted by molar-refractivity contribution is 7.17. The van der Waals surface area contributed by atoms with Crippen LogP contribution in [0.1, 0.15) is 26.8 Å². The normalized spacial score (nSPS) is 13.5. The molecule has 0 saturated carbocycles. The number of thiophene rings is 2. The molecule has 8 nitrogen and oxygen atoms in total. The summed E-state index contributed by atoms with van der Waals surface area (Å²) in [6.45, 7) is 2.91. The Balaban J connectivity index is 1.48. The van der Waals surface area contributed by atoms with E-state index in [-0.39, 0.29) is 5.91 Å². The number of anilines is 1. The molecule has 1 aliphatic rings. The number of fused-ring (bicyclic) bond motifs is 1. The number of aromatic nitrogens is 4. The maximum absolute atomic E-state index is 12.8. The molecule has 4 aromatic rings. The van der Waals surface area contributed by atoms with Gasteiger partial charge in [0, 0.05) is 4.88 Å². The summed E-state index contributed by atoms with van der Waals surface area (Å²) in [7, 11) is 0. The fourth-order valence-corrected chi connectivity index (χ4v) is 4.97. The lowest BCUT2D eigenvalue weighted by Crippen LogP contribution is -2.12. The van der Waals surface area contributed by atoms with Crippen molar-refractivity contribution in [2.45, 2.75) is 20.0 Å². The van der Waals surface area contributed by atoms with Gasteiger partial charge in [0.25, 0.3) is 11.8 Å². The molecule has 2 N–H and O–H groups in total. The average Bonchev–Trinajstić information content (AvgIpc) is 3.47. The number of rotatable bonds is 4. The number of carbonyl (C=O) groups is 1. The predicted octanol–water partition coefficient (Wildman–Crippen LogP) is 3.88. The van der Waals surface area contributed by atoms with Gasteiger partial charge in [0.05, 0.1) is 29.3 Å². The molecule has 28 heavy (non-hydrogen) atoms. The molecule has 0 fully saturated rings. The van der Waals surface area contributed by atoms with E-state index >= 15 is 0 Å². The largest absolute Gasteiger partial charge is 0.376 e. The Morgan fingerprint density at radius 3 is 3.11 bits per heavy atom. The zero-order chi connectivity index (χ0) is 19.1. The van der Waals surface area contributed by atoms with Crippen LogP contribution in [0.4, 0.5) is 5.00 Å². The fraction of sp³-hybridized carbons (Fsp3) is 0.222. The van der Waals surface area contributed by atoms with Gasteiger partial charge in [-0.05, 0) is 36.4 Å². The van der Waals surface area contributed by atoms with E-state index in [4.69, 9.17) is 9.26 Å². The number of aromatic amines is 1. The van der Waals surface area contributed by atoms with Crippen LogP contribution >= 0.6 is 22.7 Å². The number of hydrogen-bond acceptors (Lipinski definition) is 8. The van der Waals surface area contributed by atoms with E-state index in [1.54, 1.807) is 24.3 Å². The number of carbonyl (C=O) groups excluding carboxylic acids is 1. The number of hydrogen-bond donors (Lipinski definition) is 2. The number of nitrogens with zero attached hydrogens (tertiary/aromatic N) is 3. The zero-order valence-electron chi connectivity index (χ0n) is 14.8. The number of nitrogens with one attached hydrogen (secondary N) is 2. The Morgan fingerprint density at radius 2 is 2.32 bits per heavy atom. The SMILES string of the molecule is Cc1noc(-c2c(NC(=O)c3cc(-c4cccs4)[nH]n3)sc3c2CCOC3)n1. The van der Waals surface area contributed by atoms with Crippen LogP contribution in [0.25, 0.3) is 22.0 Å². The molecular formula is C18H15N5O3S2. The Morgan fingerprint density at radius 1 is 1.39 bits per heavy atom. The smallest absolute Gasteiger partial charge is 0.276 e. The molecule has 0 saturated heterocycles. The van der Waals surface area contributed by atoms with Gasteiger partial charge in [-0.1, -0.05) is 11.2 Å². The summed E-state index contributed by atoms with van der Waals surface area (Å²) in [6.07, 6.45) is 0.739. The van der Waals surface area contributed by atoms with Crippen molar-refractivity contribution in [2.75, 3.05) is 11.9 Å². The van der Waals surface area contributed by atoms with Crippen LogP contribution in [0.3, 0.4) is 0 Å². The molecule has 0 aliphatic carbocycles. The minimum Gasteiger partial charge on any atom is -0.376 e. The second-order valence-corrected chi connectivity index (χ2v) is 8.31. The summed E-state index contributed by atoms with van der Waals surface area (Å²) in [5.41, 5.74) is 3.01. The molecule has 0 unspecified atom stereocenters. The quantitative estimate of drug-likeness (QED) is 0.526. The van der Waals surface area contributed by atoms with Gasteiger partial charge in [0.1, 0.15) is 5.00 Å². The minimum atomic E-state index is -0.295. The molecule has 10 heteroatoms. The molecule has 0 bridgehead atoms. The first kappa shape index (κ1) is 17.3. The first-order valence-corrected chi connectivity index (χ1v) is 10.3. The van der Waals surface area contributed by atoms with Crippen molar-refractivity contribution >= 4 is 33.6 Å². The first-order valence-electron chi connectivity index (χ1n) is 8.62. The molecule has 0 radical (unpaired) electrons. The van der Waals surface area contributed by atoms with Crippen molar-refractivity contribution in [3.63, 3.8) is 0 Å². The summed E-state index contributed by atoms with van der Waals surface area (Å²) < 4.78 is 10.9. The van der Waals surface area contributed by atoms with Gasteiger partial charge >= 0.3 is 0 Å². The van der Waals surface area contributed by atoms with Gasteiger partial charge in [-0.25, -0.2) is 0 Å². The molecule has 0 aromatic carbocycles. The van der Waals surface area contributed by atoms with Gasteiger partial charge in [-0.2, -0.15) is 10.1 Å². The van der Waals surface area contributed by atoms with Crippen LogP contribution in [-0.2, 0) is 17.8 Å². The number of ether oxygens (including phenoxy) is 1. The van der Waals surface area contributed by atoms with E-state index in [9.17, 15) is 4.79 Å². The van der Waals surface area contributed by atoms with Crippen LogP contribution in [0.15, 0.2) is 28.1 Å². The second kappa shape index (κ2) is 6.97. The monoisotopic (exact) mass is 413 g/mol. The van der Waals surface area contributed by atoms with E-state index in [0.717, 1.165) is 33.0 Å². The van der Waals surface area contributed by atoms with Crippen molar-refractivity contribution in [2.24, 2.45) is 0 Å². The lowest BCUT2D eigenvalue weighted by molar-refractivity contribution is 0.102. The molecule has 1 amide bonds. The van der Waals surface area contributed by atoms with E-state index in [1.165, 1.54) is 11.3 Å². The van der Waals surface area contributed by atoms with Crippen LogP contribution in [0, 0.1) is 6.92 Å². The topological polar surface area (TPSA) is 106 Å². The maximum Gasteiger partial charge on any atom is 0.276 e. The molecular weight excluding hydrogens is 398 g/mol. The summed E-state index contributed by atoms with van der Waals surface area (Å²) >= 11 is 3.06. The molecule has 5 heterocycles. The van der Waals surface area contributed by atoms with E-state index in [1.807, 2.05) is 17.5 Å². The molecule has 1 aliphatic heterocycles. The lowest BCUT2D eigenvalue weighted by atomic mass is 10.1. The van der Waals surface area contributed by atoms with Crippen LogP contribution in [0.5, 0.6) is 0 Å². The minimum absolute atomic E-state index is 0.295. The molecule has 0 atom stereocenters. The average molecular weight is 413 g/mol. The number of H-pyrrole nitrogens is 1. The third-order valence-electron chi connectivity index (χ3n) is 4.39. The van der Waals surface area contributed by atoms with Gasteiger partial charge in [0.2, 0.25) is 0 Å². The summed E-state index contributed by atoms with van der Waals surface area (Å²) in [5.74, 6) is 0.664. The van der Waals surface area contributed by atoms with Gasteiger partial charge < -0.3 is 14.6 Å². The van der Waals surface area contributed by atoms with E-state index in [0.29, 0.717) is 35.6 Å². The highest BCUT2D eigenvalue weighted by atomic mass is 32.1. The zero-order valence-corrected chi connectivity index (χ0v) is 16.4. The Bertz CT molecular complexity index is 1140. The van der Waals surface area contributed by atoms with Gasteiger partial charge in [-0.3, -0.25) is 9.89 Å². The third kappa shape index (κ3) is 3.05. The van der Waals surface area contributed by atoms with E-state index < -0.39 is 0 Å². The van der Waals surface area contributed by atoms with Crippen molar-refractivity contribution in [1.82, 2.24) is 20.3 Å². The highest BCUT2D eigenvalue weighted by Gasteiger charge is 2.27. The lowest BCUT2D eigenvalue weighted by Gasteiger charge is -2.12. The maximum atomic E-state index is 12.8. The highest BCUT2D eigenvalue weighted by Crippen LogP contribution is 2.42. The third-order valence-corrected chi connectivity index (χ3v) is 6.41. The molecule has 142 valence electrons. The summed E-state index contributed by atoms with van der Waals surface area (Å²) in [5, 5.41) is 16.6. The standard InChI is InChI=1S/C18H15N5O3S2/c1-9-19-17(26-23-9)15-10-4-5-25-8-14(10)28-18(15)20-16(24)12-7-11(21-22-12)13-3-2-6-27-13/h2-3,6-7H,4-5,8H2,1H3,(H,20,24)(H,21,22). The van der Waals surface area contributed by atoms with Gasteiger partial charge in [0.15, 0.2) is 11.5 Å².